The Balaban J connectivity index is 1.80. The highest BCUT2D eigenvalue weighted by Crippen LogP contribution is 2.55. The van der Waals surface area contributed by atoms with Crippen LogP contribution in [-0.4, -0.2) is 30.1 Å². The fourth-order valence-electron chi connectivity index (χ4n) is 2.75. The van der Waals surface area contributed by atoms with Crippen LogP contribution in [0, 0.1) is 5.41 Å². The van der Waals surface area contributed by atoms with E-state index in [9.17, 15) is 0 Å². The van der Waals surface area contributed by atoms with E-state index < -0.39 is 0 Å². The molecule has 1 saturated heterocycles. The third-order valence-corrected chi connectivity index (χ3v) is 4.33. The zero-order valence-corrected chi connectivity index (χ0v) is 9.68. The van der Waals surface area contributed by atoms with E-state index in [1.54, 1.807) is 0 Å². The van der Waals surface area contributed by atoms with Gasteiger partial charge in [-0.25, -0.2) is 0 Å². The highest BCUT2D eigenvalue weighted by Gasteiger charge is 2.51. The average Bonchev–Trinajstić information content (AvgIpc) is 2.72. The lowest BCUT2D eigenvalue weighted by Gasteiger charge is -2.32. The van der Waals surface area contributed by atoms with Crippen LogP contribution in [0.25, 0.3) is 0 Å². The van der Waals surface area contributed by atoms with Gasteiger partial charge in [-0.1, -0.05) is 0 Å². The number of rotatable bonds is 4. The van der Waals surface area contributed by atoms with Crippen LogP contribution in [0.15, 0.2) is 0 Å². The fourth-order valence-corrected chi connectivity index (χ4v) is 2.75. The number of nitrogens with zero attached hydrogens (tertiary/aromatic N) is 1. The molecular formula is C12H24N2. The number of nitrogens with two attached hydrogens (primary N) is 1. The minimum Gasteiger partial charge on any atom is -0.325 e. The Kier molecular flexibility index (Phi) is 2.61. The summed E-state index contributed by atoms with van der Waals surface area (Å²) in [5.74, 6) is 0. The van der Waals surface area contributed by atoms with E-state index in [0.29, 0.717) is 5.41 Å². The van der Waals surface area contributed by atoms with E-state index in [-0.39, 0.29) is 5.54 Å². The molecule has 1 saturated carbocycles. The van der Waals surface area contributed by atoms with Crippen LogP contribution in [0.5, 0.6) is 0 Å². The third kappa shape index (κ3) is 1.96. The van der Waals surface area contributed by atoms with E-state index in [1.807, 2.05) is 0 Å². The first kappa shape index (κ1) is 10.4. The molecule has 2 rings (SSSR count). The molecule has 0 radical (unpaired) electrons. The van der Waals surface area contributed by atoms with Crippen molar-refractivity contribution in [2.75, 3.05) is 19.6 Å². The lowest BCUT2D eigenvalue weighted by Crippen LogP contribution is -2.44. The Morgan fingerprint density at radius 1 is 1.21 bits per heavy atom. The summed E-state index contributed by atoms with van der Waals surface area (Å²) in [6.07, 6.45) is 6.82. The molecule has 0 spiro atoms. The van der Waals surface area contributed by atoms with Crippen LogP contribution >= 0.6 is 0 Å². The molecule has 1 aliphatic heterocycles. The molecule has 0 unspecified atom stereocenters. The molecule has 82 valence electrons. The lowest BCUT2D eigenvalue weighted by atomic mass is 9.82. The molecule has 0 bridgehead atoms. The van der Waals surface area contributed by atoms with Gasteiger partial charge in [0, 0.05) is 5.54 Å². The van der Waals surface area contributed by atoms with Gasteiger partial charge in [-0.15, -0.1) is 0 Å². The standard InChI is InChI=1S/C12H24N2/c1-11(2,13)12(5-6-12)7-10-14-8-3-4-9-14/h3-10,13H2,1-2H3. The van der Waals surface area contributed by atoms with Gasteiger partial charge in [0.05, 0.1) is 0 Å². The predicted octanol–water partition coefficient (Wildman–Crippen LogP) is 1.99. The summed E-state index contributed by atoms with van der Waals surface area (Å²) in [6.45, 7) is 8.32. The Hall–Kier alpha value is -0.0800. The number of likely N-dealkylation sites (tertiary alicyclic amines) is 1. The van der Waals surface area contributed by atoms with Crippen molar-refractivity contribution >= 4 is 0 Å². The zero-order valence-electron chi connectivity index (χ0n) is 9.68. The lowest BCUT2D eigenvalue weighted by molar-refractivity contribution is 0.226. The second-order valence-electron chi connectivity index (χ2n) is 5.80. The van der Waals surface area contributed by atoms with E-state index >= 15 is 0 Å². The zero-order chi connectivity index (χ0) is 10.2. The normalized spacial score (nSPS) is 26.8. The molecule has 14 heavy (non-hydrogen) atoms. The second kappa shape index (κ2) is 3.49. The summed E-state index contributed by atoms with van der Waals surface area (Å²) >= 11 is 0. The smallest absolute Gasteiger partial charge is 0.0154 e. The van der Waals surface area contributed by atoms with Crippen LogP contribution in [-0.2, 0) is 0 Å². The highest BCUT2D eigenvalue weighted by atomic mass is 15.1. The molecule has 2 fully saturated rings. The Morgan fingerprint density at radius 2 is 1.79 bits per heavy atom. The molecule has 2 nitrogen and oxygen atoms in total. The molecule has 2 heteroatoms. The van der Waals surface area contributed by atoms with Crippen LogP contribution in [0.2, 0.25) is 0 Å². The van der Waals surface area contributed by atoms with Gasteiger partial charge >= 0.3 is 0 Å². The summed E-state index contributed by atoms with van der Waals surface area (Å²) in [6, 6.07) is 0. The molecule has 0 aromatic heterocycles. The van der Waals surface area contributed by atoms with E-state index in [1.165, 1.54) is 51.7 Å². The maximum atomic E-state index is 6.24. The van der Waals surface area contributed by atoms with E-state index in [0.717, 1.165) is 0 Å². The van der Waals surface area contributed by atoms with Gasteiger partial charge in [0.1, 0.15) is 0 Å². The van der Waals surface area contributed by atoms with Gasteiger partial charge in [0.15, 0.2) is 0 Å². The van der Waals surface area contributed by atoms with Gasteiger partial charge in [-0.3, -0.25) is 0 Å². The van der Waals surface area contributed by atoms with Crippen molar-refractivity contribution < 1.29 is 0 Å². The number of hydrogen-bond acceptors (Lipinski definition) is 2. The SMILES string of the molecule is CC(C)(N)C1(CCN2CCCC2)CC1. The molecule has 0 amide bonds. The predicted molar refractivity (Wildman–Crippen MR) is 60.2 cm³/mol. The summed E-state index contributed by atoms with van der Waals surface area (Å²) in [5, 5.41) is 0. The van der Waals surface area contributed by atoms with E-state index in [2.05, 4.69) is 18.7 Å². The summed E-state index contributed by atoms with van der Waals surface area (Å²) < 4.78 is 0. The first-order valence-corrected chi connectivity index (χ1v) is 6.05. The summed E-state index contributed by atoms with van der Waals surface area (Å²) in [5.41, 5.74) is 6.76. The van der Waals surface area contributed by atoms with Gasteiger partial charge in [0.25, 0.3) is 0 Å². The van der Waals surface area contributed by atoms with Gasteiger partial charge in [0.2, 0.25) is 0 Å². The van der Waals surface area contributed by atoms with Crippen molar-refractivity contribution in [3.05, 3.63) is 0 Å². The first-order valence-electron chi connectivity index (χ1n) is 6.05. The monoisotopic (exact) mass is 196 g/mol. The molecular weight excluding hydrogens is 172 g/mol. The van der Waals surface area contributed by atoms with Crippen molar-refractivity contribution in [2.24, 2.45) is 11.1 Å². The summed E-state index contributed by atoms with van der Waals surface area (Å²) in [4.78, 5) is 2.60. The maximum Gasteiger partial charge on any atom is 0.0154 e. The molecule has 0 atom stereocenters. The molecule has 1 heterocycles. The Labute approximate surface area is 87.8 Å². The molecule has 2 N–H and O–H groups in total. The molecule has 1 aliphatic carbocycles. The molecule has 2 aliphatic rings. The van der Waals surface area contributed by atoms with Crippen LogP contribution < -0.4 is 5.73 Å². The molecule has 0 aromatic rings. The topological polar surface area (TPSA) is 29.3 Å². The first-order chi connectivity index (χ1) is 6.54. The van der Waals surface area contributed by atoms with Gasteiger partial charge in [-0.2, -0.15) is 0 Å². The van der Waals surface area contributed by atoms with Crippen molar-refractivity contribution in [3.8, 4) is 0 Å². The average molecular weight is 196 g/mol. The van der Waals surface area contributed by atoms with Crippen LogP contribution in [0.3, 0.4) is 0 Å². The van der Waals surface area contributed by atoms with Crippen LogP contribution in [0.1, 0.15) is 46.0 Å². The van der Waals surface area contributed by atoms with Crippen molar-refractivity contribution in [1.82, 2.24) is 4.90 Å². The highest BCUT2D eigenvalue weighted by molar-refractivity contribution is 5.06. The van der Waals surface area contributed by atoms with E-state index in [4.69, 9.17) is 5.73 Å². The maximum absolute atomic E-state index is 6.24. The Bertz CT molecular complexity index is 195. The number of hydrogen-bond donors (Lipinski definition) is 1. The second-order valence-corrected chi connectivity index (χ2v) is 5.80. The van der Waals surface area contributed by atoms with Crippen molar-refractivity contribution in [2.45, 2.75) is 51.5 Å². The fraction of sp³-hybridized carbons (Fsp3) is 1.00. The largest absolute Gasteiger partial charge is 0.325 e. The summed E-state index contributed by atoms with van der Waals surface area (Å²) in [7, 11) is 0. The van der Waals surface area contributed by atoms with Crippen molar-refractivity contribution in [1.29, 1.82) is 0 Å². The van der Waals surface area contributed by atoms with Crippen LogP contribution in [0.4, 0.5) is 0 Å². The molecule has 0 aromatic carbocycles. The van der Waals surface area contributed by atoms with Gasteiger partial charge < -0.3 is 10.6 Å². The minimum atomic E-state index is 0.0344. The Morgan fingerprint density at radius 3 is 2.21 bits per heavy atom. The van der Waals surface area contributed by atoms with Gasteiger partial charge in [-0.05, 0) is 71.0 Å². The third-order valence-electron chi connectivity index (χ3n) is 4.33. The quantitative estimate of drug-likeness (QED) is 0.745. The van der Waals surface area contributed by atoms with Crippen molar-refractivity contribution in [3.63, 3.8) is 0 Å². The minimum absolute atomic E-state index is 0.0344.